The van der Waals surface area contributed by atoms with Crippen LogP contribution in [0.3, 0.4) is 0 Å². The first-order valence-corrected chi connectivity index (χ1v) is 13.1. The third kappa shape index (κ3) is 8.15. The number of aromatic amines is 1. The number of nitrogens with zero attached hydrogens (tertiary/aromatic N) is 2. The van der Waals surface area contributed by atoms with Crippen LogP contribution in [0.5, 0.6) is 5.75 Å². The predicted octanol–water partition coefficient (Wildman–Crippen LogP) is 5.10. The number of hydrogen-bond donors (Lipinski definition) is 3. The van der Waals surface area contributed by atoms with Crippen LogP contribution >= 0.6 is 0 Å². The van der Waals surface area contributed by atoms with Gasteiger partial charge < -0.3 is 19.8 Å². The molecular weight excluding hydrogens is 526 g/mol. The molecule has 11 nitrogen and oxygen atoms in total. The lowest BCUT2D eigenvalue weighted by molar-refractivity contribution is -0.385. The van der Waals surface area contributed by atoms with Gasteiger partial charge in [-0.1, -0.05) is 62.4 Å². The molecule has 0 fully saturated rings. The summed E-state index contributed by atoms with van der Waals surface area (Å²) >= 11 is 0. The molecule has 0 saturated carbocycles. The molecule has 0 aliphatic carbocycles. The van der Waals surface area contributed by atoms with Crippen LogP contribution in [0.1, 0.15) is 30.5 Å². The highest BCUT2D eigenvalue weighted by molar-refractivity contribution is 5.89. The Bertz CT molecular complexity index is 1530. The zero-order chi connectivity index (χ0) is 29.2. The van der Waals surface area contributed by atoms with E-state index in [0.717, 1.165) is 22.0 Å². The first-order valence-electron chi connectivity index (χ1n) is 13.1. The van der Waals surface area contributed by atoms with Crippen LogP contribution in [0.25, 0.3) is 10.9 Å². The number of hydrazone groups is 1. The number of carbonyl (C=O) groups is 2. The average Bonchev–Trinajstić information content (AvgIpc) is 3.38. The number of nitro groups is 1. The summed E-state index contributed by atoms with van der Waals surface area (Å²) in [7, 11) is 0. The van der Waals surface area contributed by atoms with Gasteiger partial charge in [-0.25, -0.2) is 10.2 Å². The largest absolute Gasteiger partial charge is 0.482 e. The summed E-state index contributed by atoms with van der Waals surface area (Å²) in [5.74, 6) is -0.335. The highest BCUT2D eigenvalue weighted by Gasteiger charge is 2.23. The van der Waals surface area contributed by atoms with Crippen molar-refractivity contribution in [2.45, 2.75) is 32.9 Å². The van der Waals surface area contributed by atoms with Gasteiger partial charge in [0.1, 0.15) is 12.6 Å². The number of H-pyrrole nitrogens is 1. The van der Waals surface area contributed by atoms with E-state index in [0.29, 0.717) is 5.56 Å². The van der Waals surface area contributed by atoms with E-state index in [-0.39, 0.29) is 37.0 Å². The van der Waals surface area contributed by atoms with Gasteiger partial charge in [0, 0.05) is 35.2 Å². The highest BCUT2D eigenvalue weighted by atomic mass is 16.6. The van der Waals surface area contributed by atoms with E-state index in [1.807, 2.05) is 68.4 Å². The molecule has 3 aromatic carbocycles. The summed E-state index contributed by atoms with van der Waals surface area (Å²) < 4.78 is 10.9. The standard InChI is InChI=1S/C30H31N5O6/c1-20(2)18-41-30(37)33-26(15-23-17-31-25-11-7-6-10-24(23)25)29(36)34-32-16-22-12-13-28(27(14-22)35(38)39)40-19-21-8-4-3-5-9-21/h3-14,16-17,20,26,31H,15,18-19H2,1-2H3,(H,33,37)(H,34,36)/b32-16-/t26-/m1/s1. The van der Waals surface area contributed by atoms with E-state index in [1.165, 1.54) is 18.3 Å². The first kappa shape index (κ1) is 28.8. The normalized spacial score (nSPS) is 11.9. The SMILES string of the molecule is CC(C)COC(=O)N[C@H](Cc1c[nH]c2ccccc12)C(=O)N/N=C\c1ccc(OCc2ccccc2)c([N+](=O)[O-])c1. The number of ether oxygens (including phenoxy) is 2. The Balaban J connectivity index is 1.45. The number of nitrogens with one attached hydrogen (secondary N) is 3. The summed E-state index contributed by atoms with van der Waals surface area (Å²) in [4.78, 5) is 39.7. The molecule has 0 saturated heterocycles. The molecule has 0 aliphatic rings. The number of aromatic nitrogens is 1. The zero-order valence-corrected chi connectivity index (χ0v) is 22.7. The molecule has 4 rings (SSSR count). The molecule has 0 radical (unpaired) electrons. The van der Waals surface area contributed by atoms with Crippen LogP contribution in [0.2, 0.25) is 0 Å². The van der Waals surface area contributed by atoms with Gasteiger partial charge in [0.25, 0.3) is 5.91 Å². The minimum atomic E-state index is -0.992. The molecule has 1 aromatic heterocycles. The van der Waals surface area contributed by atoms with Crippen LogP contribution in [0, 0.1) is 16.0 Å². The van der Waals surface area contributed by atoms with Crippen molar-refractivity contribution in [1.82, 2.24) is 15.7 Å². The molecule has 0 unspecified atom stereocenters. The van der Waals surface area contributed by atoms with Crippen LogP contribution in [0.4, 0.5) is 10.5 Å². The maximum atomic E-state index is 13.1. The van der Waals surface area contributed by atoms with Crippen molar-refractivity contribution < 1.29 is 24.0 Å². The lowest BCUT2D eigenvalue weighted by Crippen LogP contribution is -2.47. The number of rotatable bonds is 12. The second-order valence-corrected chi connectivity index (χ2v) is 9.75. The molecule has 1 atom stereocenters. The number of para-hydroxylation sites is 1. The number of alkyl carbamates (subject to hydrolysis) is 1. The number of hydrogen-bond acceptors (Lipinski definition) is 7. The zero-order valence-electron chi connectivity index (χ0n) is 22.7. The molecule has 41 heavy (non-hydrogen) atoms. The highest BCUT2D eigenvalue weighted by Crippen LogP contribution is 2.28. The lowest BCUT2D eigenvalue weighted by atomic mass is 10.0. The fourth-order valence-corrected chi connectivity index (χ4v) is 4.02. The Morgan fingerprint density at radius 1 is 1.07 bits per heavy atom. The van der Waals surface area contributed by atoms with Crippen LogP contribution in [-0.2, 0) is 22.6 Å². The van der Waals surface area contributed by atoms with Gasteiger partial charge in [-0.3, -0.25) is 14.9 Å². The van der Waals surface area contributed by atoms with Crippen LogP contribution in [0.15, 0.2) is 84.1 Å². The van der Waals surface area contributed by atoms with E-state index in [9.17, 15) is 19.7 Å². The van der Waals surface area contributed by atoms with E-state index >= 15 is 0 Å². The monoisotopic (exact) mass is 557 g/mol. The Morgan fingerprint density at radius 3 is 2.59 bits per heavy atom. The molecule has 11 heteroatoms. The average molecular weight is 558 g/mol. The van der Waals surface area contributed by atoms with Gasteiger partial charge in [0.15, 0.2) is 5.75 Å². The molecule has 1 heterocycles. The Morgan fingerprint density at radius 2 is 1.83 bits per heavy atom. The van der Waals surface area contributed by atoms with Crippen molar-refractivity contribution in [2.24, 2.45) is 11.0 Å². The van der Waals surface area contributed by atoms with E-state index in [2.05, 4.69) is 20.8 Å². The summed E-state index contributed by atoms with van der Waals surface area (Å²) in [6.07, 6.45) is 2.53. The molecule has 212 valence electrons. The number of fused-ring (bicyclic) bond motifs is 1. The molecular formula is C30H31N5O6. The fourth-order valence-electron chi connectivity index (χ4n) is 4.02. The van der Waals surface area contributed by atoms with Crippen molar-refractivity contribution in [2.75, 3.05) is 6.61 Å². The van der Waals surface area contributed by atoms with Gasteiger partial charge in [0.05, 0.1) is 17.7 Å². The minimum Gasteiger partial charge on any atom is -0.482 e. The van der Waals surface area contributed by atoms with Gasteiger partial charge in [-0.05, 0) is 35.2 Å². The predicted molar refractivity (Wildman–Crippen MR) is 155 cm³/mol. The summed E-state index contributed by atoms with van der Waals surface area (Å²) in [5.41, 5.74) is 5.17. The number of nitro benzene ring substituents is 1. The van der Waals surface area contributed by atoms with Gasteiger partial charge >= 0.3 is 11.8 Å². The maximum absolute atomic E-state index is 13.1. The molecule has 0 bridgehead atoms. The Hall–Kier alpha value is -5.19. The number of amides is 2. The molecule has 0 spiro atoms. The molecule has 3 N–H and O–H groups in total. The third-order valence-corrected chi connectivity index (χ3v) is 6.06. The quantitative estimate of drug-likeness (QED) is 0.125. The lowest BCUT2D eigenvalue weighted by Gasteiger charge is -2.17. The van der Waals surface area contributed by atoms with Gasteiger partial charge in [0.2, 0.25) is 0 Å². The van der Waals surface area contributed by atoms with E-state index in [4.69, 9.17) is 9.47 Å². The van der Waals surface area contributed by atoms with Crippen LogP contribution in [-0.4, -0.2) is 40.8 Å². The van der Waals surface area contributed by atoms with Crippen molar-refractivity contribution in [3.63, 3.8) is 0 Å². The fraction of sp³-hybridized carbons (Fsp3) is 0.233. The Kier molecular flexibility index (Phi) is 9.66. The Labute approximate surface area is 236 Å². The summed E-state index contributed by atoms with van der Waals surface area (Å²) in [6.45, 7) is 4.19. The van der Waals surface area contributed by atoms with Crippen molar-refractivity contribution in [3.05, 3.63) is 106 Å². The maximum Gasteiger partial charge on any atom is 0.407 e. The first-order chi connectivity index (χ1) is 19.8. The third-order valence-electron chi connectivity index (χ3n) is 6.06. The second kappa shape index (κ2) is 13.7. The van der Waals surface area contributed by atoms with Crippen molar-refractivity contribution >= 4 is 34.8 Å². The summed E-state index contributed by atoms with van der Waals surface area (Å²) in [5, 5.41) is 19.2. The van der Waals surface area contributed by atoms with Gasteiger partial charge in [-0.15, -0.1) is 0 Å². The summed E-state index contributed by atoms with van der Waals surface area (Å²) in [6, 6.07) is 20.3. The topological polar surface area (TPSA) is 148 Å². The molecule has 4 aromatic rings. The van der Waals surface area contributed by atoms with E-state index < -0.39 is 23.0 Å². The molecule has 2 amide bonds. The number of carbonyl (C=O) groups excluding carboxylic acids is 2. The van der Waals surface area contributed by atoms with Crippen molar-refractivity contribution in [1.29, 1.82) is 0 Å². The smallest absolute Gasteiger partial charge is 0.407 e. The van der Waals surface area contributed by atoms with E-state index in [1.54, 1.807) is 12.3 Å². The van der Waals surface area contributed by atoms with Gasteiger partial charge in [-0.2, -0.15) is 5.10 Å². The minimum absolute atomic E-state index is 0.114. The van der Waals surface area contributed by atoms with Crippen molar-refractivity contribution in [3.8, 4) is 5.75 Å². The second-order valence-electron chi connectivity index (χ2n) is 9.75. The number of benzene rings is 3. The van der Waals surface area contributed by atoms with Crippen LogP contribution < -0.4 is 15.5 Å². The molecule has 0 aliphatic heterocycles.